The SMILES string of the molecule is CCCCNC(=O)C(C)N(Cc1ccc(Cl)cc1Cl)C(=O)CN(c1cccc(C)c1)S(C)(=O)=O. The first kappa shape index (κ1) is 28.0. The van der Waals surface area contributed by atoms with Crippen molar-refractivity contribution in [1.29, 1.82) is 0 Å². The Morgan fingerprint density at radius 2 is 1.82 bits per heavy atom. The Morgan fingerprint density at radius 3 is 2.41 bits per heavy atom. The Kier molecular flexibility index (Phi) is 10.2. The molecule has 10 heteroatoms. The fraction of sp³-hybridized carbons (Fsp3) is 0.417. The van der Waals surface area contributed by atoms with Gasteiger partial charge in [0.15, 0.2) is 0 Å². The molecule has 0 spiro atoms. The van der Waals surface area contributed by atoms with Gasteiger partial charge in [0.2, 0.25) is 21.8 Å². The highest BCUT2D eigenvalue weighted by Crippen LogP contribution is 2.24. The number of unbranched alkanes of at least 4 members (excludes halogenated alkanes) is 1. The third-order valence-corrected chi connectivity index (χ3v) is 7.05. The summed E-state index contributed by atoms with van der Waals surface area (Å²) in [6.45, 7) is 5.51. The molecule has 0 bridgehead atoms. The van der Waals surface area contributed by atoms with Gasteiger partial charge in [-0.25, -0.2) is 8.42 Å². The summed E-state index contributed by atoms with van der Waals surface area (Å²) in [4.78, 5) is 27.6. The Balaban J connectivity index is 2.38. The van der Waals surface area contributed by atoms with Crippen LogP contribution in [0.2, 0.25) is 10.0 Å². The number of benzene rings is 2. The number of carbonyl (C=O) groups excluding carboxylic acids is 2. The van der Waals surface area contributed by atoms with Crippen LogP contribution in [0.4, 0.5) is 5.69 Å². The van der Waals surface area contributed by atoms with Crippen molar-refractivity contribution >= 4 is 50.7 Å². The first-order chi connectivity index (χ1) is 15.9. The number of rotatable bonds is 11. The fourth-order valence-electron chi connectivity index (χ4n) is 3.35. The molecular formula is C24H31Cl2N3O4S. The van der Waals surface area contributed by atoms with E-state index in [2.05, 4.69) is 5.32 Å². The van der Waals surface area contributed by atoms with Crippen molar-refractivity contribution in [3.63, 3.8) is 0 Å². The van der Waals surface area contributed by atoms with E-state index in [1.807, 2.05) is 19.9 Å². The van der Waals surface area contributed by atoms with Crippen LogP contribution < -0.4 is 9.62 Å². The van der Waals surface area contributed by atoms with Gasteiger partial charge in [-0.1, -0.05) is 54.7 Å². The van der Waals surface area contributed by atoms with Crippen molar-refractivity contribution < 1.29 is 18.0 Å². The molecule has 0 saturated heterocycles. The number of carbonyl (C=O) groups is 2. The minimum Gasteiger partial charge on any atom is -0.354 e. The molecule has 2 aromatic rings. The number of sulfonamides is 1. The highest BCUT2D eigenvalue weighted by molar-refractivity contribution is 7.92. The lowest BCUT2D eigenvalue weighted by Gasteiger charge is -2.31. The zero-order valence-electron chi connectivity index (χ0n) is 19.8. The molecule has 1 unspecified atom stereocenters. The van der Waals surface area contributed by atoms with Gasteiger partial charge in [0.25, 0.3) is 0 Å². The number of hydrogen-bond donors (Lipinski definition) is 1. The largest absolute Gasteiger partial charge is 0.354 e. The van der Waals surface area contributed by atoms with Crippen molar-refractivity contribution in [2.75, 3.05) is 23.7 Å². The first-order valence-corrected chi connectivity index (χ1v) is 13.6. The van der Waals surface area contributed by atoms with Crippen LogP contribution in [-0.4, -0.2) is 50.5 Å². The summed E-state index contributed by atoms with van der Waals surface area (Å²) < 4.78 is 26.2. The maximum atomic E-state index is 13.5. The van der Waals surface area contributed by atoms with E-state index in [0.29, 0.717) is 27.8 Å². The summed E-state index contributed by atoms with van der Waals surface area (Å²) in [5, 5.41) is 3.63. The normalized spacial score (nSPS) is 12.2. The standard InChI is InChI=1S/C24H31Cl2N3O4S/c1-5-6-12-27-24(31)18(3)28(15-19-10-11-20(25)14-22(19)26)23(30)16-29(34(4,32)33)21-9-7-8-17(2)13-21/h7-11,13-14,18H,5-6,12,15-16H2,1-4H3,(H,27,31). The van der Waals surface area contributed by atoms with Gasteiger partial charge in [0.1, 0.15) is 12.6 Å². The van der Waals surface area contributed by atoms with E-state index in [4.69, 9.17) is 23.2 Å². The summed E-state index contributed by atoms with van der Waals surface area (Å²) >= 11 is 12.3. The minimum absolute atomic E-state index is 0.0165. The molecule has 0 aliphatic rings. The molecule has 7 nitrogen and oxygen atoms in total. The lowest BCUT2D eigenvalue weighted by Crippen LogP contribution is -2.51. The van der Waals surface area contributed by atoms with Crippen molar-refractivity contribution in [3.8, 4) is 0 Å². The van der Waals surface area contributed by atoms with E-state index >= 15 is 0 Å². The lowest BCUT2D eigenvalue weighted by atomic mass is 10.1. The van der Waals surface area contributed by atoms with E-state index in [0.717, 1.165) is 29.0 Å². The van der Waals surface area contributed by atoms with E-state index < -0.39 is 28.5 Å². The third-order valence-electron chi connectivity index (χ3n) is 5.32. The van der Waals surface area contributed by atoms with Crippen molar-refractivity contribution in [3.05, 3.63) is 63.6 Å². The van der Waals surface area contributed by atoms with E-state index in [9.17, 15) is 18.0 Å². The quantitative estimate of drug-likeness (QED) is 0.438. The zero-order chi connectivity index (χ0) is 25.5. The fourth-order valence-corrected chi connectivity index (χ4v) is 4.66. The predicted octanol–water partition coefficient (Wildman–Crippen LogP) is 4.40. The summed E-state index contributed by atoms with van der Waals surface area (Å²) in [5.74, 6) is -0.857. The molecule has 2 aromatic carbocycles. The number of nitrogens with zero attached hydrogens (tertiary/aromatic N) is 2. The van der Waals surface area contributed by atoms with E-state index in [-0.39, 0.29) is 12.5 Å². The van der Waals surface area contributed by atoms with Crippen LogP contribution in [0.3, 0.4) is 0 Å². The molecule has 1 atom stereocenters. The van der Waals surface area contributed by atoms with Crippen LogP contribution in [-0.2, 0) is 26.2 Å². The van der Waals surface area contributed by atoms with Gasteiger partial charge in [-0.2, -0.15) is 0 Å². The second-order valence-corrected chi connectivity index (χ2v) is 10.9. The Hall–Kier alpha value is -2.29. The maximum absolute atomic E-state index is 13.5. The maximum Gasteiger partial charge on any atom is 0.244 e. The molecule has 186 valence electrons. The molecule has 0 saturated carbocycles. The number of amides is 2. The van der Waals surface area contributed by atoms with Gasteiger partial charge in [0.05, 0.1) is 11.9 Å². The highest BCUT2D eigenvalue weighted by Gasteiger charge is 2.30. The first-order valence-electron chi connectivity index (χ1n) is 11.0. The molecule has 0 radical (unpaired) electrons. The Labute approximate surface area is 212 Å². The van der Waals surface area contributed by atoms with Gasteiger partial charge in [-0.05, 0) is 55.7 Å². The molecule has 0 aromatic heterocycles. The molecule has 2 rings (SSSR count). The van der Waals surface area contributed by atoms with Crippen LogP contribution in [0, 0.1) is 6.92 Å². The highest BCUT2D eigenvalue weighted by atomic mass is 35.5. The summed E-state index contributed by atoms with van der Waals surface area (Å²) in [5.41, 5.74) is 1.82. The van der Waals surface area contributed by atoms with Gasteiger partial charge in [-0.15, -0.1) is 0 Å². The van der Waals surface area contributed by atoms with Crippen molar-refractivity contribution in [1.82, 2.24) is 10.2 Å². The zero-order valence-corrected chi connectivity index (χ0v) is 22.2. The van der Waals surface area contributed by atoms with Gasteiger partial charge in [-0.3, -0.25) is 13.9 Å². The van der Waals surface area contributed by atoms with Gasteiger partial charge >= 0.3 is 0 Å². The number of aryl methyl sites for hydroxylation is 1. The summed E-state index contributed by atoms with van der Waals surface area (Å²) in [6, 6.07) is 10.9. The lowest BCUT2D eigenvalue weighted by molar-refractivity contribution is -0.139. The van der Waals surface area contributed by atoms with Crippen LogP contribution >= 0.6 is 23.2 Å². The smallest absolute Gasteiger partial charge is 0.244 e. The van der Waals surface area contributed by atoms with Crippen molar-refractivity contribution in [2.24, 2.45) is 0 Å². The molecule has 1 N–H and O–H groups in total. The van der Waals surface area contributed by atoms with Crippen LogP contribution in [0.25, 0.3) is 0 Å². The molecule has 2 amide bonds. The van der Waals surface area contributed by atoms with Gasteiger partial charge < -0.3 is 10.2 Å². The molecule has 34 heavy (non-hydrogen) atoms. The average molecular weight is 529 g/mol. The number of halogens is 2. The van der Waals surface area contributed by atoms with Crippen molar-refractivity contribution in [2.45, 2.75) is 46.2 Å². The molecular weight excluding hydrogens is 497 g/mol. The van der Waals surface area contributed by atoms with Gasteiger partial charge in [0, 0.05) is 23.1 Å². The number of nitrogens with one attached hydrogen (secondary N) is 1. The van der Waals surface area contributed by atoms with Crippen LogP contribution in [0.5, 0.6) is 0 Å². The molecule has 0 heterocycles. The monoisotopic (exact) mass is 527 g/mol. The molecule has 0 aliphatic carbocycles. The second kappa shape index (κ2) is 12.4. The summed E-state index contributed by atoms with van der Waals surface area (Å²) in [7, 11) is -3.77. The molecule has 0 aliphatic heterocycles. The Morgan fingerprint density at radius 1 is 1.12 bits per heavy atom. The Bertz CT molecular complexity index is 1120. The van der Waals surface area contributed by atoms with Crippen LogP contribution in [0.1, 0.15) is 37.8 Å². The second-order valence-electron chi connectivity index (χ2n) is 8.19. The number of hydrogen-bond acceptors (Lipinski definition) is 4. The average Bonchev–Trinajstić information content (AvgIpc) is 2.75. The van der Waals surface area contributed by atoms with Crippen LogP contribution in [0.15, 0.2) is 42.5 Å². The summed E-state index contributed by atoms with van der Waals surface area (Å²) in [6.07, 6.45) is 2.77. The van der Waals surface area contributed by atoms with E-state index in [1.165, 1.54) is 4.90 Å². The number of anilines is 1. The predicted molar refractivity (Wildman–Crippen MR) is 138 cm³/mol. The third kappa shape index (κ3) is 7.89. The topological polar surface area (TPSA) is 86.8 Å². The van der Waals surface area contributed by atoms with E-state index in [1.54, 1.807) is 43.3 Å². The molecule has 0 fully saturated rings. The minimum atomic E-state index is -3.77.